The van der Waals surface area contributed by atoms with Crippen molar-refractivity contribution in [2.24, 2.45) is 11.7 Å². The molecule has 1 saturated carbocycles. The lowest BCUT2D eigenvalue weighted by Crippen LogP contribution is -2.47. The molecule has 1 saturated heterocycles. The van der Waals surface area contributed by atoms with Gasteiger partial charge in [-0.15, -0.1) is 0 Å². The molecule has 248 valence electrons. The van der Waals surface area contributed by atoms with E-state index < -0.39 is 44.3 Å². The summed E-state index contributed by atoms with van der Waals surface area (Å²) in [5, 5.41) is 0. The van der Waals surface area contributed by atoms with Crippen molar-refractivity contribution in [1.29, 1.82) is 0 Å². The first-order valence-corrected chi connectivity index (χ1v) is 17.4. The number of halogens is 3. The third kappa shape index (κ3) is 8.30. The van der Waals surface area contributed by atoms with Crippen molar-refractivity contribution in [2.75, 3.05) is 31.8 Å². The topological polar surface area (TPSA) is 131 Å². The summed E-state index contributed by atoms with van der Waals surface area (Å²) < 4.78 is 85.1. The van der Waals surface area contributed by atoms with Crippen LogP contribution in [0.2, 0.25) is 0 Å². The highest BCUT2D eigenvalue weighted by atomic mass is 32.2. The third-order valence-electron chi connectivity index (χ3n) is 8.55. The predicted octanol–water partition coefficient (Wildman–Crippen LogP) is 4.81. The number of aromatic nitrogens is 2. The number of nitrogens with two attached hydrogens (primary N) is 1. The average molecular weight is 662 g/mol. The lowest BCUT2D eigenvalue weighted by molar-refractivity contribution is -0.0154. The molecule has 0 radical (unpaired) electrons. The van der Waals surface area contributed by atoms with Gasteiger partial charge in [-0.1, -0.05) is 6.92 Å². The lowest BCUT2D eigenvalue weighted by Gasteiger charge is -2.39. The van der Waals surface area contributed by atoms with E-state index >= 15 is 8.78 Å². The molecule has 0 spiro atoms. The standard InChI is InChI=1S/C33H38F3N3O6S/c1-19-13-20(14-28(37)33(19)44-11-12-46(2,41)42)24-5-8-38-18-21(24)15-30(40)29-4-3-25(34)32(39-29)31-26(35)16-23(17-27(31)36)45-22-6-9-43-10-7-22/h3-5,8,16-20,22,28,33H,6-7,9-15,37H2,1-2H3/t19-,20+,28+,33-/m0/s1. The molecule has 2 aromatic heterocycles. The van der Waals surface area contributed by atoms with Crippen molar-refractivity contribution < 1.29 is 40.6 Å². The van der Waals surface area contributed by atoms with Gasteiger partial charge in [0, 0.05) is 56.1 Å². The summed E-state index contributed by atoms with van der Waals surface area (Å²) in [6.45, 7) is 3.04. The first kappa shape index (κ1) is 34.0. The minimum Gasteiger partial charge on any atom is -0.490 e. The van der Waals surface area contributed by atoms with Gasteiger partial charge in [-0.3, -0.25) is 9.78 Å². The summed E-state index contributed by atoms with van der Waals surface area (Å²) in [5.41, 5.74) is 6.53. The van der Waals surface area contributed by atoms with Gasteiger partial charge in [-0.05, 0) is 54.0 Å². The van der Waals surface area contributed by atoms with Crippen molar-refractivity contribution >= 4 is 15.6 Å². The summed E-state index contributed by atoms with van der Waals surface area (Å²) >= 11 is 0. The minimum absolute atomic E-state index is 0.0182. The Morgan fingerprint density at radius 3 is 2.46 bits per heavy atom. The van der Waals surface area contributed by atoms with Crippen LogP contribution >= 0.6 is 0 Å². The van der Waals surface area contributed by atoms with Gasteiger partial charge in [-0.25, -0.2) is 26.6 Å². The van der Waals surface area contributed by atoms with Crippen LogP contribution in [-0.4, -0.2) is 74.2 Å². The van der Waals surface area contributed by atoms with Crippen molar-refractivity contribution in [3.8, 4) is 17.0 Å². The van der Waals surface area contributed by atoms with Crippen molar-refractivity contribution in [1.82, 2.24) is 9.97 Å². The van der Waals surface area contributed by atoms with Gasteiger partial charge < -0.3 is 19.9 Å². The zero-order valence-corrected chi connectivity index (χ0v) is 26.6. The largest absolute Gasteiger partial charge is 0.490 e. The normalized spacial score (nSPS) is 22.5. The molecule has 1 aromatic carbocycles. The summed E-state index contributed by atoms with van der Waals surface area (Å²) in [4.78, 5) is 21.7. The number of Topliss-reactive ketones (excluding diaryl/α,β-unsaturated/α-hetero) is 1. The zero-order chi connectivity index (χ0) is 33.0. The van der Waals surface area contributed by atoms with Gasteiger partial charge in [-0.2, -0.15) is 0 Å². The Morgan fingerprint density at radius 2 is 1.78 bits per heavy atom. The number of hydrogen-bond donors (Lipinski definition) is 1. The van der Waals surface area contributed by atoms with E-state index in [0.717, 1.165) is 30.0 Å². The number of pyridine rings is 2. The highest BCUT2D eigenvalue weighted by Crippen LogP contribution is 2.39. The monoisotopic (exact) mass is 661 g/mol. The van der Waals surface area contributed by atoms with E-state index in [1.807, 2.05) is 13.0 Å². The van der Waals surface area contributed by atoms with Gasteiger partial charge in [0.1, 0.15) is 50.5 Å². The Kier molecular flexibility index (Phi) is 10.8. The second kappa shape index (κ2) is 14.6. The summed E-state index contributed by atoms with van der Waals surface area (Å²) in [7, 11) is -3.16. The van der Waals surface area contributed by atoms with E-state index in [2.05, 4.69) is 9.97 Å². The van der Waals surface area contributed by atoms with Crippen LogP contribution in [0, 0.1) is 23.4 Å². The molecule has 0 amide bonds. The quantitative estimate of drug-likeness (QED) is 0.288. The van der Waals surface area contributed by atoms with Gasteiger partial charge in [0.2, 0.25) is 0 Å². The number of rotatable bonds is 11. The number of ether oxygens (including phenoxy) is 3. The van der Waals surface area contributed by atoms with Crippen LogP contribution in [0.25, 0.3) is 11.3 Å². The third-order valence-corrected chi connectivity index (χ3v) is 9.46. The second-order valence-electron chi connectivity index (χ2n) is 12.2. The highest BCUT2D eigenvalue weighted by molar-refractivity contribution is 7.90. The van der Waals surface area contributed by atoms with Crippen LogP contribution in [0.15, 0.2) is 42.7 Å². The number of carbonyl (C=O) groups excluding carboxylic acids is 1. The molecule has 2 aliphatic rings. The van der Waals surface area contributed by atoms with Gasteiger partial charge in [0.05, 0.1) is 37.2 Å². The van der Waals surface area contributed by atoms with Crippen LogP contribution in [-0.2, 0) is 25.7 Å². The van der Waals surface area contributed by atoms with E-state index in [9.17, 15) is 17.6 Å². The van der Waals surface area contributed by atoms with Crippen LogP contribution in [0.1, 0.15) is 60.1 Å². The fraction of sp³-hybridized carbons (Fsp3) is 0.485. The molecular weight excluding hydrogens is 623 g/mol. The Hall–Kier alpha value is -3.39. The average Bonchev–Trinajstić information content (AvgIpc) is 2.99. The number of hydrogen-bond acceptors (Lipinski definition) is 9. The van der Waals surface area contributed by atoms with E-state index in [-0.39, 0.29) is 60.3 Å². The van der Waals surface area contributed by atoms with E-state index in [0.29, 0.717) is 44.5 Å². The minimum atomic E-state index is -3.16. The molecule has 0 unspecified atom stereocenters. The maximum absolute atomic E-state index is 15.2. The van der Waals surface area contributed by atoms with Crippen LogP contribution < -0.4 is 10.5 Å². The molecule has 0 bridgehead atoms. The summed E-state index contributed by atoms with van der Waals surface area (Å²) in [6, 6.07) is 5.61. The number of benzene rings is 1. The number of nitrogens with zero attached hydrogens (tertiary/aromatic N) is 2. The molecule has 2 N–H and O–H groups in total. The van der Waals surface area contributed by atoms with E-state index in [4.69, 9.17) is 19.9 Å². The molecule has 1 aliphatic heterocycles. The molecule has 46 heavy (non-hydrogen) atoms. The second-order valence-corrected chi connectivity index (χ2v) is 14.4. The Balaban J connectivity index is 1.31. The van der Waals surface area contributed by atoms with Gasteiger partial charge in [0.15, 0.2) is 5.78 Å². The molecule has 13 heteroatoms. The van der Waals surface area contributed by atoms with Crippen molar-refractivity contribution in [3.05, 3.63) is 77.0 Å². The molecular formula is C33H38F3N3O6S. The van der Waals surface area contributed by atoms with Crippen LogP contribution in [0.4, 0.5) is 13.2 Å². The molecule has 4 atom stereocenters. The fourth-order valence-corrected chi connectivity index (χ4v) is 6.69. The number of sulfone groups is 1. The fourth-order valence-electron chi connectivity index (χ4n) is 6.29. The lowest BCUT2D eigenvalue weighted by atomic mass is 9.73. The maximum Gasteiger partial charge on any atom is 0.185 e. The van der Waals surface area contributed by atoms with Crippen LogP contribution in [0.3, 0.4) is 0 Å². The van der Waals surface area contributed by atoms with Gasteiger partial charge in [0.25, 0.3) is 0 Å². The zero-order valence-electron chi connectivity index (χ0n) is 25.8. The van der Waals surface area contributed by atoms with E-state index in [1.165, 1.54) is 6.07 Å². The SMILES string of the molecule is C[C@H]1C[C@@H](c2ccncc2CC(=O)c2ccc(F)c(-c3c(F)cc(OC4CCOCC4)cc3F)n2)C[C@@H](N)[C@H]1OCCS(C)(=O)=O. The summed E-state index contributed by atoms with van der Waals surface area (Å²) in [6.07, 6.45) is 6.08. The number of ketones is 1. The first-order valence-electron chi connectivity index (χ1n) is 15.3. The Bertz CT molecular complexity index is 1630. The van der Waals surface area contributed by atoms with Gasteiger partial charge >= 0.3 is 0 Å². The van der Waals surface area contributed by atoms with Crippen molar-refractivity contribution in [2.45, 2.75) is 63.2 Å². The summed E-state index contributed by atoms with van der Waals surface area (Å²) in [5.74, 6) is -3.69. The van der Waals surface area contributed by atoms with Crippen LogP contribution in [0.5, 0.6) is 5.75 Å². The smallest absolute Gasteiger partial charge is 0.185 e. The molecule has 3 aromatic rings. The maximum atomic E-state index is 15.2. The predicted molar refractivity (Wildman–Crippen MR) is 165 cm³/mol. The van der Waals surface area contributed by atoms with E-state index in [1.54, 1.807) is 12.4 Å². The Morgan fingerprint density at radius 1 is 1.07 bits per heavy atom. The number of carbonyl (C=O) groups is 1. The molecule has 1 aliphatic carbocycles. The molecule has 2 fully saturated rings. The van der Waals surface area contributed by atoms with Crippen molar-refractivity contribution in [3.63, 3.8) is 0 Å². The molecule has 5 rings (SSSR count). The first-order chi connectivity index (χ1) is 21.9. The molecule has 9 nitrogen and oxygen atoms in total. The highest BCUT2D eigenvalue weighted by Gasteiger charge is 2.36. The molecule has 3 heterocycles. The Labute approximate surface area is 266 Å².